The van der Waals surface area contributed by atoms with E-state index in [0.29, 0.717) is 10.0 Å². The Morgan fingerprint density at radius 1 is 1.31 bits per heavy atom. The second-order valence-corrected chi connectivity index (χ2v) is 8.97. The van der Waals surface area contributed by atoms with Gasteiger partial charge in [0.2, 0.25) is 5.91 Å². The van der Waals surface area contributed by atoms with Crippen LogP contribution in [0.1, 0.15) is 10.6 Å². The van der Waals surface area contributed by atoms with Gasteiger partial charge in [-0.25, -0.2) is 9.78 Å². The zero-order valence-corrected chi connectivity index (χ0v) is 17.1. The Morgan fingerprint density at radius 3 is 2.66 bits per heavy atom. The molecule has 8 nitrogen and oxygen atoms in total. The van der Waals surface area contributed by atoms with Gasteiger partial charge in [-0.2, -0.15) is 0 Å². The normalized spacial score (nSPS) is 20.9. The Balaban J connectivity index is 1.71. The highest BCUT2D eigenvalue weighted by molar-refractivity contribution is 8.03. The lowest BCUT2D eigenvalue weighted by Crippen LogP contribution is -2.63. The van der Waals surface area contributed by atoms with Gasteiger partial charge in [-0.15, -0.1) is 11.8 Å². The van der Waals surface area contributed by atoms with Gasteiger partial charge < -0.3 is 16.2 Å². The predicted molar refractivity (Wildman–Crippen MR) is 114 cm³/mol. The van der Waals surface area contributed by atoms with Gasteiger partial charge in [0.15, 0.2) is 0 Å². The van der Waals surface area contributed by atoms with Crippen LogP contribution >= 0.6 is 35.3 Å². The molecule has 2 amide bonds. The van der Waals surface area contributed by atoms with Crippen LogP contribution in [0.2, 0.25) is 0 Å². The lowest BCUT2D eigenvalue weighted by Gasteiger charge is -2.46. The molecule has 4 N–H and O–H groups in total. The van der Waals surface area contributed by atoms with Crippen molar-refractivity contribution in [3.63, 3.8) is 0 Å². The van der Waals surface area contributed by atoms with Gasteiger partial charge in [-0.3, -0.25) is 14.5 Å². The Bertz CT molecular complexity index is 1070. The third kappa shape index (κ3) is 3.52. The first-order valence-corrected chi connectivity index (χ1v) is 10.6. The number of thiazole rings is 1. The van der Waals surface area contributed by atoms with Crippen molar-refractivity contribution in [3.05, 3.63) is 52.8 Å². The molecule has 0 spiro atoms. The van der Waals surface area contributed by atoms with Crippen molar-refractivity contribution in [2.24, 2.45) is 0 Å². The first kappa shape index (κ1) is 19.6. The number of hydrogen-bond acceptors (Lipinski definition) is 8. The third-order valence-electron chi connectivity index (χ3n) is 4.37. The van der Waals surface area contributed by atoms with Crippen molar-refractivity contribution < 1.29 is 19.5 Å². The van der Waals surface area contributed by atoms with Crippen LogP contribution in [0.3, 0.4) is 0 Å². The summed E-state index contributed by atoms with van der Waals surface area (Å²) in [5.41, 5.74) is 6.60. The number of thiocarbonyl (C=S) groups is 1. The van der Waals surface area contributed by atoms with Crippen molar-refractivity contribution in [2.45, 2.75) is 17.2 Å². The van der Waals surface area contributed by atoms with Crippen LogP contribution in [-0.2, 0) is 20.8 Å². The average Bonchev–Trinajstić information content (AvgIpc) is 3.12. The number of nitrogens with two attached hydrogens (primary N) is 1. The number of thioether (sulfide) groups is 1. The van der Waals surface area contributed by atoms with Gasteiger partial charge in [0.25, 0.3) is 5.91 Å². The maximum atomic E-state index is 12.6. The number of aromatic nitrogens is 1. The molecule has 0 saturated carbocycles. The van der Waals surface area contributed by atoms with Crippen molar-refractivity contribution in [2.75, 3.05) is 5.73 Å². The quantitative estimate of drug-likeness (QED) is 0.466. The molecule has 0 bridgehead atoms. The molecule has 148 valence electrons. The lowest BCUT2D eigenvalue weighted by molar-refractivity contribution is -0.138. The molecule has 4 rings (SSSR count). The van der Waals surface area contributed by atoms with Crippen molar-refractivity contribution in [1.29, 1.82) is 0 Å². The summed E-state index contributed by atoms with van der Waals surface area (Å²) < 4.78 is 0. The Labute approximate surface area is 178 Å². The number of nitrogens with one attached hydrogen (secondary N) is 1. The van der Waals surface area contributed by atoms with E-state index >= 15 is 0 Å². The van der Waals surface area contributed by atoms with Crippen LogP contribution in [0.4, 0.5) is 5.00 Å². The predicted octanol–water partition coefficient (Wildman–Crippen LogP) is 1.49. The maximum absolute atomic E-state index is 12.6. The highest BCUT2D eigenvalue weighted by Gasteiger charge is 2.53. The second kappa shape index (κ2) is 7.58. The van der Waals surface area contributed by atoms with Gasteiger partial charge in [0.1, 0.15) is 31.3 Å². The number of carbonyl (C=O) groups is 3. The average molecular weight is 447 g/mol. The molecule has 2 atom stereocenters. The number of carbonyl (C=O) groups excluding carboxylic acids is 2. The molecule has 3 heterocycles. The number of β-lactam (4-membered cyclic amide) rings is 1. The van der Waals surface area contributed by atoms with E-state index in [0.717, 1.165) is 21.8 Å². The largest absolute Gasteiger partial charge is 0.477 e. The molecule has 11 heteroatoms. The smallest absolute Gasteiger partial charge is 0.353 e. The number of benzene rings is 1. The van der Waals surface area contributed by atoms with E-state index < -0.39 is 22.6 Å². The van der Waals surface area contributed by atoms with E-state index in [9.17, 15) is 19.5 Å². The van der Waals surface area contributed by atoms with Gasteiger partial charge >= 0.3 is 5.97 Å². The molecule has 0 aliphatic carbocycles. The number of anilines is 1. The van der Waals surface area contributed by atoms with Crippen LogP contribution in [-0.4, -0.2) is 48.4 Å². The monoisotopic (exact) mass is 446 g/mol. The number of fused-ring (bicyclic) bond motifs is 1. The number of carboxylic acids is 1. The number of rotatable bonds is 5. The molecule has 1 unspecified atom stereocenters. The molecule has 0 radical (unpaired) electrons. The second-order valence-electron chi connectivity index (χ2n) is 6.27. The van der Waals surface area contributed by atoms with Crippen LogP contribution in [0, 0.1) is 0 Å². The van der Waals surface area contributed by atoms with Crippen molar-refractivity contribution >= 4 is 68.5 Å². The SMILES string of the molecule is Nc1cnc(C2=C(C(=O)O)N3C(=O)C(=S)[C@@H]3SC2NC(=O)Cc2ccccc2)s1. The van der Waals surface area contributed by atoms with Crippen LogP contribution in [0.25, 0.3) is 5.57 Å². The Kier molecular flexibility index (Phi) is 5.11. The highest BCUT2D eigenvalue weighted by atomic mass is 32.2. The number of nitrogen functional groups attached to an aromatic ring is 1. The van der Waals surface area contributed by atoms with Crippen molar-refractivity contribution in [1.82, 2.24) is 15.2 Å². The zero-order valence-electron chi connectivity index (χ0n) is 14.7. The summed E-state index contributed by atoms with van der Waals surface area (Å²) in [6, 6.07) is 9.18. The van der Waals surface area contributed by atoms with Crippen molar-refractivity contribution in [3.8, 4) is 0 Å². The molecule has 2 aromatic rings. The lowest BCUT2D eigenvalue weighted by atomic mass is 10.1. The molecule has 2 aliphatic rings. The Morgan fingerprint density at radius 2 is 2.03 bits per heavy atom. The number of nitrogens with zero attached hydrogens (tertiary/aromatic N) is 2. The summed E-state index contributed by atoms with van der Waals surface area (Å²) in [6.07, 6.45) is 1.54. The van der Waals surface area contributed by atoms with E-state index in [1.54, 1.807) is 0 Å². The van der Waals surface area contributed by atoms with Gasteiger partial charge in [0, 0.05) is 0 Å². The fraction of sp³-hybridized carbons (Fsp3) is 0.167. The molecular formula is C18H14N4O4S3. The minimum Gasteiger partial charge on any atom is -0.477 e. The Hall–Kier alpha value is -2.76. The summed E-state index contributed by atoms with van der Waals surface area (Å²) in [4.78, 5) is 42.3. The summed E-state index contributed by atoms with van der Waals surface area (Å²) in [6.45, 7) is 0. The van der Waals surface area contributed by atoms with E-state index in [-0.39, 0.29) is 28.5 Å². The number of carboxylic acid groups (broad SMARTS) is 1. The fourth-order valence-corrected chi connectivity index (χ4v) is 5.67. The van der Waals surface area contributed by atoms with Crippen LogP contribution in [0.5, 0.6) is 0 Å². The highest BCUT2D eigenvalue weighted by Crippen LogP contribution is 2.46. The fourth-order valence-electron chi connectivity index (χ4n) is 3.10. The molecule has 1 saturated heterocycles. The van der Waals surface area contributed by atoms with Crippen LogP contribution < -0.4 is 11.1 Å². The molecule has 1 aromatic heterocycles. The van der Waals surface area contributed by atoms with Crippen LogP contribution in [0.15, 0.2) is 42.2 Å². The topological polar surface area (TPSA) is 126 Å². The number of hydrogen-bond donors (Lipinski definition) is 3. The zero-order chi connectivity index (χ0) is 20.7. The minimum absolute atomic E-state index is 0.130. The molecular weight excluding hydrogens is 432 g/mol. The number of aliphatic carboxylic acids is 1. The van der Waals surface area contributed by atoms with E-state index in [1.807, 2.05) is 30.3 Å². The third-order valence-corrected chi connectivity index (χ3v) is 7.10. The first-order valence-electron chi connectivity index (χ1n) is 8.42. The van der Waals surface area contributed by atoms with Gasteiger partial charge in [0.05, 0.1) is 18.2 Å². The molecule has 2 aliphatic heterocycles. The molecule has 29 heavy (non-hydrogen) atoms. The number of amides is 2. The molecule has 1 aromatic carbocycles. The standard InChI is InChI=1S/C18H14N4O4S3/c19-9-7-20-14(28-9)11-12(18(25)26)22-16(24)13(27)17(22)29-15(11)21-10(23)6-8-4-2-1-3-5-8/h1-5,7,15,17H,6,19H2,(H,21,23)(H,25,26)/t15?,17-/m0/s1. The first-order chi connectivity index (χ1) is 13.9. The summed E-state index contributed by atoms with van der Waals surface area (Å²) in [5, 5.41) is 12.0. The molecule has 1 fully saturated rings. The maximum Gasteiger partial charge on any atom is 0.353 e. The minimum atomic E-state index is -1.29. The summed E-state index contributed by atoms with van der Waals surface area (Å²) >= 11 is 7.39. The summed E-state index contributed by atoms with van der Waals surface area (Å²) in [7, 11) is 0. The van der Waals surface area contributed by atoms with Gasteiger partial charge in [-0.1, -0.05) is 53.9 Å². The van der Waals surface area contributed by atoms with E-state index in [4.69, 9.17) is 18.0 Å². The van der Waals surface area contributed by atoms with E-state index in [1.165, 1.54) is 18.0 Å². The van der Waals surface area contributed by atoms with Gasteiger partial charge in [-0.05, 0) is 5.56 Å². The van der Waals surface area contributed by atoms with E-state index in [2.05, 4.69) is 10.3 Å². The summed E-state index contributed by atoms with van der Waals surface area (Å²) in [5.74, 6) is -2.10.